The van der Waals surface area contributed by atoms with E-state index >= 15 is 0 Å². The molecule has 0 aliphatic heterocycles. The number of carbonyl (C=O) groups excluding carboxylic acids is 2. The number of aromatic nitrogens is 1. The Hall–Kier alpha value is -3.26. The van der Waals surface area contributed by atoms with Gasteiger partial charge in [-0.3, -0.25) is 4.79 Å². The lowest BCUT2D eigenvalue weighted by molar-refractivity contribution is -0.147. The van der Waals surface area contributed by atoms with E-state index in [1.807, 2.05) is 24.3 Å². The van der Waals surface area contributed by atoms with E-state index in [9.17, 15) is 14.0 Å². The number of nitrogens with one attached hydrogen (secondary N) is 1. The molecule has 3 aromatic rings. The van der Waals surface area contributed by atoms with E-state index in [1.54, 1.807) is 0 Å². The highest BCUT2D eigenvalue weighted by Gasteiger charge is 2.09. The van der Waals surface area contributed by atoms with Crippen molar-refractivity contribution in [3.05, 3.63) is 88.3 Å². The summed E-state index contributed by atoms with van der Waals surface area (Å²) >= 11 is 3.34. The fraction of sp³-hybridized carbons (Fsp3) is 0.0952. The van der Waals surface area contributed by atoms with Crippen LogP contribution in [0.4, 0.5) is 10.1 Å². The molecule has 0 aliphatic rings. The summed E-state index contributed by atoms with van der Waals surface area (Å²) in [5.41, 5.74) is 1.61. The van der Waals surface area contributed by atoms with Crippen LogP contribution in [-0.2, 0) is 16.1 Å². The molecule has 0 spiro atoms. The van der Waals surface area contributed by atoms with E-state index in [0.29, 0.717) is 11.3 Å². The van der Waals surface area contributed by atoms with Gasteiger partial charge in [0.2, 0.25) is 5.88 Å². The third-order valence-corrected chi connectivity index (χ3v) is 4.28. The van der Waals surface area contributed by atoms with Crippen LogP contribution in [0.2, 0.25) is 0 Å². The Morgan fingerprint density at radius 2 is 1.72 bits per heavy atom. The van der Waals surface area contributed by atoms with Crippen molar-refractivity contribution in [1.29, 1.82) is 0 Å². The molecule has 3 rings (SSSR count). The van der Waals surface area contributed by atoms with Crippen molar-refractivity contribution >= 4 is 33.5 Å². The van der Waals surface area contributed by atoms with E-state index < -0.39 is 11.9 Å². The van der Waals surface area contributed by atoms with Crippen LogP contribution in [0.5, 0.6) is 5.88 Å². The standard InChI is InChI=1S/C21H16BrFN2O4/c22-16-4-1-14(2-5-16)12-29-20(26)13-28-19-10-3-15(11-24-19)21(27)25-18-8-6-17(23)7-9-18/h1-11H,12-13H2,(H,25,27). The molecule has 0 unspecified atom stereocenters. The van der Waals surface area contributed by atoms with Crippen LogP contribution in [0, 0.1) is 5.82 Å². The number of carbonyl (C=O) groups is 2. The molecule has 0 atom stereocenters. The van der Waals surface area contributed by atoms with Crippen molar-refractivity contribution in [1.82, 2.24) is 4.98 Å². The van der Waals surface area contributed by atoms with E-state index in [-0.39, 0.29) is 24.9 Å². The normalized spacial score (nSPS) is 10.3. The Bertz CT molecular complexity index is 977. The highest BCUT2D eigenvalue weighted by molar-refractivity contribution is 9.10. The van der Waals surface area contributed by atoms with Gasteiger partial charge in [0.25, 0.3) is 5.91 Å². The second-order valence-electron chi connectivity index (χ2n) is 5.92. The Balaban J connectivity index is 1.45. The Labute approximate surface area is 174 Å². The zero-order chi connectivity index (χ0) is 20.6. The average molecular weight is 459 g/mol. The molecule has 148 valence electrons. The summed E-state index contributed by atoms with van der Waals surface area (Å²) in [6.07, 6.45) is 1.32. The third-order valence-electron chi connectivity index (χ3n) is 3.75. The van der Waals surface area contributed by atoms with Gasteiger partial charge >= 0.3 is 5.97 Å². The van der Waals surface area contributed by atoms with Gasteiger partial charge in [-0.15, -0.1) is 0 Å². The summed E-state index contributed by atoms with van der Waals surface area (Å²) in [7, 11) is 0. The molecule has 0 saturated carbocycles. The number of rotatable bonds is 7. The summed E-state index contributed by atoms with van der Waals surface area (Å²) in [4.78, 5) is 27.9. The van der Waals surface area contributed by atoms with E-state index in [0.717, 1.165) is 10.0 Å². The molecule has 6 nitrogen and oxygen atoms in total. The topological polar surface area (TPSA) is 77.5 Å². The molecule has 1 heterocycles. The van der Waals surface area contributed by atoms with Crippen LogP contribution in [0.25, 0.3) is 0 Å². The minimum Gasteiger partial charge on any atom is -0.466 e. The van der Waals surface area contributed by atoms with Crippen molar-refractivity contribution in [2.45, 2.75) is 6.61 Å². The summed E-state index contributed by atoms with van der Waals surface area (Å²) < 4.78 is 24.2. The first kappa shape index (κ1) is 20.5. The molecule has 0 saturated heterocycles. The van der Waals surface area contributed by atoms with Crippen molar-refractivity contribution in [2.24, 2.45) is 0 Å². The van der Waals surface area contributed by atoms with Gasteiger partial charge in [0, 0.05) is 22.4 Å². The maximum absolute atomic E-state index is 12.9. The number of amides is 1. The minimum absolute atomic E-state index is 0.144. The van der Waals surface area contributed by atoms with Crippen molar-refractivity contribution in [3.8, 4) is 5.88 Å². The highest BCUT2D eigenvalue weighted by atomic mass is 79.9. The number of esters is 1. The average Bonchev–Trinajstić information content (AvgIpc) is 2.74. The maximum atomic E-state index is 12.9. The minimum atomic E-state index is -0.534. The molecule has 0 radical (unpaired) electrons. The number of hydrogen-bond donors (Lipinski definition) is 1. The first-order valence-electron chi connectivity index (χ1n) is 8.55. The first-order chi connectivity index (χ1) is 14.0. The van der Waals surface area contributed by atoms with Crippen LogP contribution in [-0.4, -0.2) is 23.5 Å². The van der Waals surface area contributed by atoms with Crippen LogP contribution >= 0.6 is 15.9 Å². The zero-order valence-corrected chi connectivity index (χ0v) is 16.7. The van der Waals surface area contributed by atoms with Crippen molar-refractivity contribution in [2.75, 3.05) is 11.9 Å². The predicted octanol–water partition coefficient (Wildman–Crippen LogP) is 4.36. The lowest BCUT2D eigenvalue weighted by Gasteiger charge is -2.08. The number of hydrogen-bond acceptors (Lipinski definition) is 5. The van der Waals surface area contributed by atoms with Gasteiger partial charge in [0.1, 0.15) is 12.4 Å². The van der Waals surface area contributed by atoms with Gasteiger partial charge in [0.15, 0.2) is 6.61 Å². The lowest BCUT2D eigenvalue weighted by atomic mass is 10.2. The first-order valence-corrected chi connectivity index (χ1v) is 9.35. The number of benzene rings is 2. The van der Waals surface area contributed by atoms with Gasteiger partial charge in [-0.2, -0.15) is 0 Å². The Morgan fingerprint density at radius 3 is 2.38 bits per heavy atom. The molecular formula is C21H16BrFN2O4. The molecule has 8 heteroatoms. The molecule has 0 fully saturated rings. The van der Waals surface area contributed by atoms with Gasteiger partial charge in [-0.25, -0.2) is 14.2 Å². The monoisotopic (exact) mass is 458 g/mol. The number of anilines is 1. The lowest BCUT2D eigenvalue weighted by Crippen LogP contribution is -2.16. The second-order valence-corrected chi connectivity index (χ2v) is 6.84. The summed E-state index contributed by atoms with van der Waals surface area (Å²) in [5.74, 6) is -1.14. The van der Waals surface area contributed by atoms with Crippen LogP contribution < -0.4 is 10.1 Å². The van der Waals surface area contributed by atoms with Crippen LogP contribution in [0.1, 0.15) is 15.9 Å². The van der Waals surface area contributed by atoms with Crippen molar-refractivity contribution in [3.63, 3.8) is 0 Å². The molecule has 29 heavy (non-hydrogen) atoms. The van der Waals surface area contributed by atoms with E-state index in [4.69, 9.17) is 9.47 Å². The molecule has 1 N–H and O–H groups in total. The summed E-state index contributed by atoms with van der Waals surface area (Å²) in [5, 5.41) is 2.63. The van der Waals surface area contributed by atoms with E-state index in [2.05, 4.69) is 26.2 Å². The largest absolute Gasteiger partial charge is 0.466 e. The van der Waals surface area contributed by atoms with Crippen molar-refractivity contribution < 1.29 is 23.5 Å². The van der Waals surface area contributed by atoms with Gasteiger partial charge in [-0.1, -0.05) is 28.1 Å². The van der Waals surface area contributed by atoms with Gasteiger partial charge in [0.05, 0.1) is 5.56 Å². The fourth-order valence-electron chi connectivity index (χ4n) is 2.26. The predicted molar refractivity (Wildman–Crippen MR) is 108 cm³/mol. The number of halogens is 2. The second kappa shape index (κ2) is 9.79. The smallest absolute Gasteiger partial charge is 0.344 e. The Kier molecular flexibility index (Phi) is 6.91. The number of pyridine rings is 1. The highest BCUT2D eigenvalue weighted by Crippen LogP contribution is 2.13. The summed E-state index contributed by atoms with van der Waals surface area (Å²) in [6.45, 7) is -0.157. The third kappa shape index (κ3) is 6.39. The van der Waals surface area contributed by atoms with Crippen LogP contribution in [0.15, 0.2) is 71.3 Å². The fourth-order valence-corrected chi connectivity index (χ4v) is 2.52. The molecular weight excluding hydrogens is 443 g/mol. The summed E-state index contributed by atoms with van der Waals surface area (Å²) in [6, 6.07) is 15.8. The maximum Gasteiger partial charge on any atom is 0.344 e. The molecule has 2 aromatic carbocycles. The van der Waals surface area contributed by atoms with Crippen LogP contribution in [0.3, 0.4) is 0 Å². The Morgan fingerprint density at radius 1 is 1.00 bits per heavy atom. The zero-order valence-electron chi connectivity index (χ0n) is 15.1. The number of ether oxygens (including phenoxy) is 2. The van der Waals surface area contributed by atoms with Gasteiger partial charge < -0.3 is 14.8 Å². The van der Waals surface area contributed by atoms with Gasteiger partial charge in [-0.05, 0) is 48.0 Å². The molecule has 1 amide bonds. The SMILES string of the molecule is O=C(COc1ccc(C(=O)Nc2ccc(F)cc2)cn1)OCc1ccc(Br)cc1. The molecule has 0 aliphatic carbocycles. The molecule has 1 aromatic heterocycles. The molecule has 0 bridgehead atoms. The number of nitrogens with zero attached hydrogens (tertiary/aromatic N) is 1. The van der Waals surface area contributed by atoms with E-state index in [1.165, 1.54) is 42.6 Å². The quantitative estimate of drug-likeness (QED) is 0.532.